The van der Waals surface area contributed by atoms with Crippen molar-refractivity contribution in [2.75, 3.05) is 26.2 Å². The van der Waals surface area contributed by atoms with Gasteiger partial charge >= 0.3 is 12.5 Å². The molecule has 26 heavy (non-hydrogen) atoms. The van der Waals surface area contributed by atoms with Crippen LogP contribution in [0.4, 0.5) is 17.6 Å². The average Bonchev–Trinajstić information content (AvgIpc) is 3.03. The summed E-state index contributed by atoms with van der Waals surface area (Å²) in [6.07, 6.45) is -8.47. The van der Waals surface area contributed by atoms with E-state index < -0.39 is 18.6 Å². The van der Waals surface area contributed by atoms with E-state index in [1.807, 2.05) is 6.07 Å². The van der Waals surface area contributed by atoms with Crippen LogP contribution in [0.25, 0.3) is 0 Å². The van der Waals surface area contributed by atoms with Crippen LogP contribution in [0.15, 0.2) is 36.4 Å². The first-order valence-corrected chi connectivity index (χ1v) is 9.22. The van der Waals surface area contributed by atoms with Crippen LogP contribution in [0.1, 0.15) is 16.5 Å². The number of hydrogen-bond donors (Lipinski definition) is 1. The van der Waals surface area contributed by atoms with Crippen molar-refractivity contribution in [3.05, 3.63) is 51.2 Å². The molecule has 2 aromatic rings. The molecule has 3 rings (SSSR count). The van der Waals surface area contributed by atoms with Gasteiger partial charge < -0.3 is 10.1 Å². The van der Waals surface area contributed by atoms with Gasteiger partial charge in [0.1, 0.15) is 5.75 Å². The second-order valence-electron chi connectivity index (χ2n) is 5.83. The smallest absolute Gasteiger partial charge is 0.428 e. The predicted molar refractivity (Wildman–Crippen MR) is 93.6 cm³/mol. The van der Waals surface area contributed by atoms with Crippen LogP contribution in [0.3, 0.4) is 0 Å². The number of ether oxygens (including phenoxy) is 1. The number of rotatable bonds is 6. The first-order valence-electron chi connectivity index (χ1n) is 8.02. The molecule has 0 spiro atoms. The van der Waals surface area contributed by atoms with E-state index in [9.17, 15) is 17.6 Å². The summed E-state index contributed by atoms with van der Waals surface area (Å²) in [5.41, 5.74) is 0.410. The van der Waals surface area contributed by atoms with Gasteiger partial charge in [-0.15, -0.1) is 11.3 Å². The van der Waals surface area contributed by atoms with E-state index in [1.54, 1.807) is 18.2 Å². The van der Waals surface area contributed by atoms with Gasteiger partial charge in [-0.05, 0) is 18.2 Å². The molecule has 1 aliphatic heterocycles. The minimum Gasteiger partial charge on any atom is -0.428 e. The number of hydrogen-bond acceptors (Lipinski definition) is 4. The molecular weight excluding hydrogens is 392 g/mol. The number of thiophene rings is 1. The summed E-state index contributed by atoms with van der Waals surface area (Å²) in [6.45, 7) is 2.84. The van der Waals surface area contributed by atoms with Crippen molar-refractivity contribution in [1.82, 2.24) is 10.2 Å². The lowest BCUT2D eigenvalue weighted by molar-refractivity contribution is -0.253. The third-order valence-corrected chi connectivity index (χ3v) is 5.38. The first kappa shape index (κ1) is 19.4. The molecule has 2 heterocycles. The zero-order valence-corrected chi connectivity index (χ0v) is 15.2. The fourth-order valence-corrected chi connectivity index (χ4v) is 4.15. The Hall–Kier alpha value is -1.35. The molecule has 0 saturated carbocycles. The Balaban J connectivity index is 2.01. The standard InChI is InChI=1S/C17H17ClF4N2OS/c18-14-6-5-13(26-14)15(24-9-7-23-8-10-24)11-3-1-2-4-12(11)25-17(21,22)16(19)20/h1-6,15-16,23H,7-10H2/t15-/m0/s1. The van der Waals surface area contributed by atoms with Crippen molar-refractivity contribution in [1.29, 1.82) is 0 Å². The van der Waals surface area contributed by atoms with Gasteiger partial charge in [-0.1, -0.05) is 29.8 Å². The van der Waals surface area contributed by atoms with Crippen LogP contribution in [-0.4, -0.2) is 43.6 Å². The van der Waals surface area contributed by atoms with Crippen LogP contribution >= 0.6 is 22.9 Å². The molecule has 1 aromatic heterocycles. The third-order valence-electron chi connectivity index (χ3n) is 4.09. The molecule has 0 radical (unpaired) electrons. The minimum atomic E-state index is -4.56. The summed E-state index contributed by atoms with van der Waals surface area (Å²) in [5, 5.41) is 3.23. The van der Waals surface area contributed by atoms with E-state index in [1.165, 1.54) is 23.5 Å². The van der Waals surface area contributed by atoms with Gasteiger partial charge in [0.25, 0.3) is 0 Å². The fraction of sp³-hybridized carbons (Fsp3) is 0.412. The van der Waals surface area contributed by atoms with Crippen molar-refractivity contribution < 1.29 is 22.3 Å². The predicted octanol–water partition coefficient (Wildman–Crippen LogP) is 4.63. The van der Waals surface area contributed by atoms with Crippen molar-refractivity contribution >= 4 is 22.9 Å². The molecule has 0 bridgehead atoms. The van der Waals surface area contributed by atoms with E-state index in [2.05, 4.69) is 15.0 Å². The van der Waals surface area contributed by atoms with Gasteiger partial charge in [-0.2, -0.15) is 17.6 Å². The molecule has 1 aromatic carbocycles. The number of benzene rings is 1. The summed E-state index contributed by atoms with van der Waals surface area (Å²) in [5.74, 6) is -0.258. The quantitative estimate of drug-likeness (QED) is 0.705. The average molecular weight is 409 g/mol. The minimum absolute atomic E-state index is 0.258. The number of nitrogens with zero attached hydrogens (tertiary/aromatic N) is 1. The summed E-state index contributed by atoms with van der Waals surface area (Å²) in [7, 11) is 0. The number of alkyl halides is 4. The summed E-state index contributed by atoms with van der Waals surface area (Å²) in [6, 6.07) is 9.21. The third kappa shape index (κ3) is 4.31. The van der Waals surface area contributed by atoms with Crippen LogP contribution < -0.4 is 10.1 Å². The summed E-state index contributed by atoms with van der Waals surface area (Å²) >= 11 is 7.39. The lowest BCUT2D eigenvalue weighted by Gasteiger charge is -2.35. The van der Waals surface area contributed by atoms with Gasteiger partial charge in [-0.25, -0.2) is 0 Å². The lowest BCUT2D eigenvalue weighted by atomic mass is 10.0. The highest BCUT2D eigenvalue weighted by Crippen LogP contribution is 2.41. The molecule has 1 N–H and O–H groups in total. The molecule has 1 atom stereocenters. The number of para-hydroxylation sites is 1. The fourth-order valence-electron chi connectivity index (χ4n) is 2.94. The van der Waals surface area contributed by atoms with Crippen molar-refractivity contribution in [2.24, 2.45) is 0 Å². The molecule has 0 amide bonds. The largest absolute Gasteiger partial charge is 0.461 e. The van der Waals surface area contributed by atoms with E-state index in [0.717, 1.165) is 18.0 Å². The SMILES string of the molecule is FC(F)C(F)(F)Oc1ccccc1[C@@H](c1ccc(Cl)s1)N1CCNCC1. The van der Waals surface area contributed by atoms with Crippen LogP contribution in [0.5, 0.6) is 5.75 Å². The van der Waals surface area contributed by atoms with Gasteiger partial charge in [0, 0.05) is 36.6 Å². The maximum absolute atomic E-state index is 13.5. The second kappa shape index (κ2) is 8.12. The zero-order valence-electron chi connectivity index (χ0n) is 13.6. The van der Waals surface area contributed by atoms with Gasteiger partial charge in [0.15, 0.2) is 0 Å². The molecule has 3 nitrogen and oxygen atoms in total. The van der Waals surface area contributed by atoms with Crippen LogP contribution in [0.2, 0.25) is 4.34 Å². The Morgan fingerprint density at radius 2 is 1.81 bits per heavy atom. The molecule has 0 unspecified atom stereocenters. The van der Waals surface area contributed by atoms with E-state index >= 15 is 0 Å². The number of piperazine rings is 1. The van der Waals surface area contributed by atoms with Gasteiger partial charge in [0.2, 0.25) is 0 Å². The maximum atomic E-state index is 13.5. The Morgan fingerprint density at radius 3 is 2.42 bits per heavy atom. The van der Waals surface area contributed by atoms with Crippen molar-refractivity contribution in [3.8, 4) is 5.75 Å². The highest BCUT2D eigenvalue weighted by molar-refractivity contribution is 7.16. The van der Waals surface area contributed by atoms with Gasteiger partial charge in [-0.3, -0.25) is 4.90 Å². The Kier molecular flexibility index (Phi) is 6.06. The molecule has 1 fully saturated rings. The van der Waals surface area contributed by atoms with E-state index in [4.69, 9.17) is 11.6 Å². The number of nitrogens with one attached hydrogen (secondary N) is 1. The Morgan fingerprint density at radius 1 is 1.12 bits per heavy atom. The Labute approximate surface area is 157 Å². The highest BCUT2D eigenvalue weighted by atomic mass is 35.5. The molecule has 1 aliphatic rings. The highest BCUT2D eigenvalue weighted by Gasteiger charge is 2.45. The monoisotopic (exact) mass is 408 g/mol. The summed E-state index contributed by atoms with van der Waals surface area (Å²) < 4.78 is 57.2. The maximum Gasteiger partial charge on any atom is 0.461 e. The molecule has 1 saturated heterocycles. The van der Waals surface area contributed by atoms with Crippen molar-refractivity contribution in [2.45, 2.75) is 18.6 Å². The molecule has 9 heteroatoms. The normalized spacial score (nSPS) is 17.5. The topological polar surface area (TPSA) is 24.5 Å². The Bertz CT molecular complexity index is 737. The van der Waals surface area contributed by atoms with Crippen LogP contribution in [0, 0.1) is 0 Å². The lowest BCUT2D eigenvalue weighted by Crippen LogP contribution is -2.45. The number of halogens is 5. The second-order valence-corrected chi connectivity index (χ2v) is 7.58. The van der Waals surface area contributed by atoms with E-state index in [-0.39, 0.29) is 5.75 Å². The molecular formula is C17H17ClF4N2OS. The summed E-state index contributed by atoms with van der Waals surface area (Å²) in [4.78, 5) is 2.94. The molecule has 0 aliphatic carbocycles. The van der Waals surface area contributed by atoms with Gasteiger partial charge in [0.05, 0.1) is 10.4 Å². The van der Waals surface area contributed by atoms with E-state index in [0.29, 0.717) is 23.0 Å². The zero-order chi connectivity index (χ0) is 18.7. The first-order chi connectivity index (χ1) is 12.4. The molecule has 142 valence electrons. The van der Waals surface area contributed by atoms with Crippen LogP contribution in [-0.2, 0) is 0 Å². The van der Waals surface area contributed by atoms with Crippen molar-refractivity contribution in [3.63, 3.8) is 0 Å².